The van der Waals surface area contributed by atoms with Gasteiger partial charge in [-0.1, -0.05) is 0 Å². The summed E-state index contributed by atoms with van der Waals surface area (Å²) in [5.74, 6) is -0.914. The molecule has 1 aromatic rings. The molecule has 0 fully saturated rings. The second-order valence-corrected chi connectivity index (χ2v) is 4.95. The Bertz CT molecular complexity index is 613. The number of nitro groups is 2. The summed E-state index contributed by atoms with van der Waals surface area (Å²) in [5, 5.41) is 21.6. The second kappa shape index (κ2) is 7.94. The van der Waals surface area contributed by atoms with E-state index in [1.165, 1.54) is 12.1 Å². The minimum Gasteiger partial charge on any atom is -0.370 e. The van der Waals surface area contributed by atoms with E-state index < -0.39 is 33.2 Å². The molecule has 0 spiro atoms. The van der Waals surface area contributed by atoms with Crippen molar-refractivity contribution in [2.75, 3.05) is 0 Å². The smallest absolute Gasteiger partial charge is 0.276 e. The number of rotatable bonds is 9. The van der Waals surface area contributed by atoms with E-state index in [0.717, 1.165) is 6.07 Å². The fraction of sp³-hybridized carbons (Fsp3) is 0.385. The summed E-state index contributed by atoms with van der Waals surface area (Å²) in [6.45, 7) is 0. The van der Waals surface area contributed by atoms with Crippen LogP contribution in [0.4, 0.5) is 11.4 Å². The summed E-state index contributed by atoms with van der Waals surface area (Å²) in [7, 11) is 0. The molecule has 1 atom stereocenters. The SMILES string of the molecule is NC(=O)CC[C@@H](N)C(=O)CCc1cc([N+](=O)[O-])cc([N+](=O)[O-])c1. The highest BCUT2D eigenvalue weighted by atomic mass is 16.6. The predicted octanol–water partition coefficient (Wildman–Crippen LogP) is 0.598. The van der Waals surface area contributed by atoms with E-state index in [9.17, 15) is 29.8 Å². The molecule has 10 heteroatoms. The average Bonchev–Trinajstić information content (AvgIpc) is 2.49. The zero-order valence-corrected chi connectivity index (χ0v) is 12.1. The minimum atomic E-state index is -0.865. The van der Waals surface area contributed by atoms with Crippen molar-refractivity contribution in [3.63, 3.8) is 0 Å². The molecule has 0 aliphatic carbocycles. The molecule has 0 saturated carbocycles. The number of non-ortho nitro benzene ring substituents is 2. The Morgan fingerprint density at radius 3 is 2.00 bits per heavy atom. The lowest BCUT2D eigenvalue weighted by Crippen LogP contribution is -2.32. The van der Waals surface area contributed by atoms with E-state index in [1.54, 1.807) is 0 Å². The van der Waals surface area contributed by atoms with Crippen LogP contribution in [0.3, 0.4) is 0 Å². The summed E-state index contributed by atoms with van der Waals surface area (Å²) in [4.78, 5) is 42.5. The Morgan fingerprint density at radius 2 is 1.57 bits per heavy atom. The first kappa shape index (κ1) is 18.2. The molecule has 1 aromatic carbocycles. The Labute approximate surface area is 130 Å². The highest BCUT2D eigenvalue weighted by Gasteiger charge is 2.18. The Balaban J connectivity index is 2.76. The molecule has 10 nitrogen and oxygen atoms in total. The van der Waals surface area contributed by atoms with Gasteiger partial charge in [0.1, 0.15) is 5.78 Å². The number of nitro benzene ring substituents is 2. The number of aryl methyl sites for hydroxylation is 1. The summed E-state index contributed by atoms with van der Waals surface area (Å²) < 4.78 is 0. The first-order chi connectivity index (χ1) is 10.7. The molecular formula is C13H16N4O6. The number of amides is 1. The van der Waals surface area contributed by atoms with Gasteiger partial charge in [0.15, 0.2) is 0 Å². The van der Waals surface area contributed by atoms with E-state index >= 15 is 0 Å². The van der Waals surface area contributed by atoms with Crippen LogP contribution in [0.2, 0.25) is 0 Å². The second-order valence-electron chi connectivity index (χ2n) is 4.95. The zero-order chi connectivity index (χ0) is 17.6. The molecule has 0 aliphatic rings. The van der Waals surface area contributed by atoms with E-state index in [4.69, 9.17) is 11.5 Å². The molecule has 23 heavy (non-hydrogen) atoms. The van der Waals surface area contributed by atoms with Crippen molar-refractivity contribution in [2.45, 2.75) is 31.7 Å². The number of hydrogen-bond acceptors (Lipinski definition) is 7. The van der Waals surface area contributed by atoms with Crippen LogP contribution in [0.1, 0.15) is 24.8 Å². The van der Waals surface area contributed by atoms with Gasteiger partial charge < -0.3 is 11.5 Å². The van der Waals surface area contributed by atoms with Crippen LogP contribution in [0.25, 0.3) is 0 Å². The van der Waals surface area contributed by atoms with Crippen LogP contribution in [0.15, 0.2) is 18.2 Å². The molecular weight excluding hydrogens is 308 g/mol. The molecule has 124 valence electrons. The van der Waals surface area contributed by atoms with Gasteiger partial charge in [-0.15, -0.1) is 0 Å². The number of nitrogens with two attached hydrogens (primary N) is 2. The van der Waals surface area contributed by atoms with Crippen molar-refractivity contribution < 1.29 is 19.4 Å². The lowest BCUT2D eigenvalue weighted by atomic mass is 10.00. The summed E-state index contributed by atoms with van der Waals surface area (Å²) >= 11 is 0. The number of carbonyl (C=O) groups excluding carboxylic acids is 2. The molecule has 0 unspecified atom stereocenters. The minimum absolute atomic E-state index is 0.0187. The Hall–Kier alpha value is -2.88. The summed E-state index contributed by atoms with van der Waals surface area (Å²) in [6.07, 6.45) is 0.127. The number of primary amides is 1. The van der Waals surface area contributed by atoms with E-state index in [2.05, 4.69) is 0 Å². The highest BCUT2D eigenvalue weighted by molar-refractivity contribution is 5.84. The third-order valence-corrected chi connectivity index (χ3v) is 3.16. The van der Waals surface area contributed by atoms with Gasteiger partial charge in [-0.2, -0.15) is 0 Å². The highest BCUT2D eigenvalue weighted by Crippen LogP contribution is 2.23. The van der Waals surface area contributed by atoms with Crippen molar-refractivity contribution in [2.24, 2.45) is 11.5 Å². The number of benzene rings is 1. The van der Waals surface area contributed by atoms with E-state index in [1.807, 2.05) is 0 Å². The number of hydrogen-bond donors (Lipinski definition) is 2. The van der Waals surface area contributed by atoms with Crippen molar-refractivity contribution in [3.05, 3.63) is 44.0 Å². The van der Waals surface area contributed by atoms with Crippen molar-refractivity contribution in [3.8, 4) is 0 Å². The van der Waals surface area contributed by atoms with E-state index in [-0.39, 0.29) is 31.5 Å². The maximum atomic E-state index is 11.8. The van der Waals surface area contributed by atoms with Crippen LogP contribution < -0.4 is 11.5 Å². The standard InChI is InChI=1S/C13H16N4O6/c14-11(2-4-13(15)19)12(18)3-1-8-5-9(16(20)21)7-10(6-8)17(22)23/h5-7,11H,1-4,14H2,(H2,15,19)/t11-/m1/s1. The van der Waals surface area contributed by atoms with E-state index in [0.29, 0.717) is 5.56 Å². The molecule has 0 saturated heterocycles. The zero-order valence-electron chi connectivity index (χ0n) is 12.1. The first-order valence-electron chi connectivity index (χ1n) is 6.70. The largest absolute Gasteiger partial charge is 0.370 e. The average molecular weight is 324 g/mol. The van der Waals surface area contributed by atoms with Gasteiger partial charge in [-0.25, -0.2) is 0 Å². The van der Waals surface area contributed by atoms with Gasteiger partial charge in [-0.3, -0.25) is 29.8 Å². The fourth-order valence-corrected chi connectivity index (χ4v) is 1.92. The summed E-state index contributed by atoms with van der Waals surface area (Å²) in [5.41, 5.74) is 10.0. The summed E-state index contributed by atoms with van der Waals surface area (Å²) in [6, 6.07) is 2.34. The molecule has 1 rings (SSSR count). The molecule has 0 bridgehead atoms. The Morgan fingerprint density at radius 1 is 1.04 bits per heavy atom. The van der Waals surface area contributed by atoms with Gasteiger partial charge in [0.2, 0.25) is 5.91 Å². The van der Waals surface area contributed by atoms with Crippen LogP contribution >= 0.6 is 0 Å². The molecule has 0 aliphatic heterocycles. The molecule has 0 radical (unpaired) electrons. The third-order valence-electron chi connectivity index (χ3n) is 3.16. The quantitative estimate of drug-likeness (QED) is 0.494. The fourth-order valence-electron chi connectivity index (χ4n) is 1.92. The maximum absolute atomic E-state index is 11.8. The van der Waals surface area contributed by atoms with Crippen molar-refractivity contribution in [1.29, 1.82) is 0 Å². The van der Waals surface area contributed by atoms with Crippen LogP contribution in [-0.2, 0) is 16.0 Å². The molecule has 0 aromatic heterocycles. The lowest BCUT2D eigenvalue weighted by Gasteiger charge is -2.09. The van der Waals surface area contributed by atoms with Gasteiger partial charge in [0.25, 0.3) is 11.4 Å². The molecule has 0 heterocycles. The van der Waals surface area contributed by atoms with Gasteiger partial charge in [0, 0.05) is 25.0 Å². The number of nitrogens with zero attached hydrogens (tertiary/aromatic N) is 2. The van der Waals surface area contributed by atoms with Gasteiger partial charge in [0.05, 0.1) is 22.0 Å². The number of carbonyl (C=O) groups is 2. The van der Waals surface area contributed by atoms with Crippen LogP contribution in [0.5, 0.6) is 0 Å². The maximum Gasteiger partial charge on any atom is 0.276 e. The predicted molar refractivity (Wildman–Crippen MR) is 79.5 cm³/mol. The first-order valence-corrected chi connectivity index (χ1v) is 6.70. The topological polar surface area (TPSA) is 172 Å². The normalized spacial score (nSPS) is 11.7. The lowest BCUT2D eigenvalue weighted by molar-refractivity contribution is -0.394. The third kappa shape index (κ3) is 5.79. The number of Topliss-reactive ketones (excluding diaryl/α,β-unsaturated/α-hetero) is 1. The molecule has 1 amide bonds. The van der Waals surface area contributed by atoms with Crippen LogP contribution in [-0.4, -0.2) is 27.6 Å². The monoisotopic (exact) mass is 324 g/mol. The van der Waals surface area contributed by atoms with Crippen molar-refractivity contribution in [1.82, 2.24) is 0 Å². The van der Waals surface area contributed by atoms with Gasteiger partial charge >= 0.3 is 0 Å². The van der Waals surface area contributed by atoms with Crippen LogP contribution in [0, 0.1) is 20.2 Å². The number of ketones is 1. The molecule has 4 N–H and O–H groups in total. The van der Waals surface area contributed by atoms with Crippen molar-refractivity contribution >= 4 is 23.1 Å². The Kier molecular flexibility index (Phi) is 6.27. The van der Waals surface area contributed by atoms with Gasteiger partial charge in [-0.05, 0) is 18.4 Å².